The van der Waals surface area contributed by atoms with Crippen molar-refractivity contribution in [3.05, 3.63) is 177 Å². The second kappa shape index (κ2) is 18.8. The zero-order chi connectivity index (χ0) is 39.0. The maximum atomic E-state index is 6.17. The zero-order valence-electron chi connectivity index (χ0n) is 34.5. The predicted octanol–water partition coefficient (Wildman–Crippen LogP) is 11.8. The predicted molar refractivity (Wildman–Crippen MR) is 246 cm³/mol. The van der Waals surface area contributed by atoms with Crippen LogP contribution in [0.25, 0.3) is 22.3 Å². The van der Waals surface area contributed by atoms with E-state index in [2.05, 4.69) is 134 Å². The molecule has 57 heavy (non-hydrogen) atoms. The van der Waals surface area contributed by atoms with E-state index in [9.17, 15) is 0 Å². The molecule has 0 saturated carbocycles. The third-order valence-corrected chi connectivity index (χ3v) is 13.8. The van der Waals surface area contributed by atoms with E-state index in [4.69, 9.17) is 5.73 Å². The van der Waals surface area contributed by atoms with Crippen LogP contribution in [0, 0.1) is 11.8 Å². The van der Waals surface area contributed by atoms with Gasteiger partial charge in [0.1, 0.15) is 0 Å². The van der Waals surface area contributed by atoms with Gasteiger partial charge in [0, 0.05) is 19.1 Å². The lowest BCUT2D eigenvalue weighted by Crippen LogP contribution is -2.38. The van der Waals surface area contributed by atoms with Crippen molar-refractivity contribution in [2.45, 2.75) is 109 Å². The molecule has 0 amide bonds. The van der Waals surface area contributed by atoms with Gasteiger partial charge in [-0.15, -0.1) is 0 Å². The highest BCUT2D eigenvalue weighted by atomic mass is 14.9. The van der Waals surface area contributed by atoms with E-state index in [0.717, 1.165) is 38.6 Å². The Bertz CT molecular complexity index is 2240. The van der Waals surface area contributed by atoms with E-state index < -0.39 is 0 Å². The van der Waals surface area contributed by atoms with Crippen LogP contribution in [0.5, 0.6) is 0 Å². The number of nitrogens with two attached hydrogens (primary N) is 1. The Morgan fingerprint density at radius 1 is 0.754 bits per heavy atom. The molecule has 0 heterocycles. The van der Waals surface area contributed by atoms with Gasteiger partial charge in [0.15, 0.2) is 0 Å². The third-order valence-electron chi connectivity index (χ3n) is 13.8. The number of rotatable bonds is 11. The maximum Gasteiger partial charge on any atom is 0.0259 e. The first-order valence-electron chi connectivity index (χ1n) is 22.3. The minimum absolute atomic E-state index is 0.378. The van der Waals surface area contributed by atoms with E-state index in [1.807, 2.05) is 6.08 Å². The first kappa shape index (κ1) is 39.3. The monoisotopic (exact) mass is 753 g/mol. The minimum atomic E-state index is 0.378. The van der Waals surface area contributed by atoms with Crippen molar-refractivity contribution in [3.8, 4) is 0 Å². The smallest absolute Gasteiger partial charge is 0.0259 e. The molecule has 0 spiro atoms. The van der Waals surface area contributed by atoms with Crippen LogP contribution in [-0.2, 0) is 0 Å². The van der Waals surface area contributed by atoms with Gasteiger partial charge in [0.05, 0.1) is 0 Å². The van der Waals surface area contributed by atoms with Crippen LogP contribution in [0.3, 0.4) is 0 Å². The van der Waals surface area contributed by atoms with E-state index in [1.54, 1.807) is 5.57 Å². The fourth-order valence-corrected chi connectivity index (χ4v) is 10.3. The quantitative estimate of drug-likeness (QED) is 0.177. The van der Waals surface area contributed by atoms with Crippen molar-refractivity contribution in [2.75, 3.05) is 13.1 Å². The minimum Gasteiger partial charge on any atom is -0.326 e. The summed E-state index contributed by atoms with van der Waals surface area (Å²) < 4.78 is 0. The Balaban J connectivity index is 1.16. The lowest BCUT2D eigenvalue weighted by atomic mass is 9.76. The van der Waals surface area contributed by atoms with Gasteiger partial charge in [0.2, 0.25) is 0 Å². The first-order valence-corrected chi connectivity index (χ1v) is 22.3. The summed E-state index contributed by atoms with van der Waals surface area (Å²) in [5.74, 6) is 1.98. The highest BCUT2D eigenvalue weighted by Crippen LogP contribution is 2.38. The first-order chi connectivity index (χ1) is 28.1. The molecule has 2 nitrogen and oxygen atoms in total. The molecule has 3 N–H and O–H groups in total. The van der Waals surface area contributed by atoms with Crippen LogP contribution in [0.2, 0.25) is 0 Å². The lowest BCUT2D eigenvalue weighted by Gasteiger charge is -2.33. The second-order valence-corrected chi connectivity index (χ2v) is 17.3. The van der Waals surface area contributed by atoms with E-state index in [0.29, 0.717) is 30.3 Å². The molecule has 8 rings (SSSR count). The van der Waals surface area contributed by atoms with E-state index in [1.165, 1.54) is 124 Å². The molecule has 4 atom stereocenters. The Morgan fingerprint density at radius 2 is 1.54 bits per heavy atom. The van der Waals surface area contributed by atoms with E-state index >= 15 is 0 Å². The highest BCUT2D eigenvalue weighted by molar-refractivity contribution is 5.78. The second-order valence-electron chi connectivity index (χ2n) is 17.3. The maximum absolute atomic E-state index is 6.17. The van der Waals surface area contributed by atoms with Gasteiger partial charge in [-0.1, -0.05) is 122 Å². The van der Waals surface area contributed by atoms with Crippen LogP contribution in [0.1, 0.15) is 119 Å². The van der Waals surface area contributed by atoms with Gasteiger partial charge in [0.25, 0.3) is 0 Å². The average Bonchev–Trinajstić information content (AvgIpc) is 3.29. The molecule has 0 saturated heterocycles. The zero-order valence-corrected chi connectivity index (χ0v) is 34.5. The summed E-state index contributed by atoms with van der Waals surface area (Å²) in [6.07, 6.45) is 47.1. The topological polar surface area (TPSA) is 38.0 Å². The molecule has 0 radical (unpaired) electrons. The SMILES string of the molecule is C=C/C=C(\CN)C1=CC=C(/C(CNC2C=C[C@H]3CCC=CC3C2)=c2\cccc\c2=C(\C)C2=CC=C(c3cc(C4=CCCCC4)cc(C4CC=CCC4)c3)CC2)CC1. The Morgan fingerprint density at radius 3 is 2.28 bits per heavy atom. The molecule has 2 aromatic rings. The summed E-state index contributed by atoms with van der Waals surface area (Å²) in [5.41, 5.74) is 21.9. The van der Waals surface area contributed by atoms with Gasteiger partial charge < -0.3 is 11.1 Å². The van der Waals surface area contributed by atoms with Gasteiger partial charge in [-0.2, -0.15) is 0 Å². The standard InChI is InChI=1S/C55H64N2/c1-3-14-48(37-56)44-27-29-46(30-28-44)55(38-57-52-32-31-43-19-10-11-20-47(43)36-52)54-22-13-12-21-53(54)39(2)40-23-25-45(26-24-40)51-34-49(41-15-6-4-7-16-41)33-50(35-51)42-17-8-5-9-18-42/h3-4,6,11-14,17,20-23,25,27,29,31-35,41,43,47,52,57H,1,5,7-10,15-16,18-19,24,26,28,30,36-38,56H2,2H3/b48-14+,53-39+,55-54+/t41?,43-,47?,52?/m1/s1. The molecule has 0 aliphatic heterocycles. The normalized spacial score (nSPS) is 26.0. The molecule has 294 valence electrons. The number of hydrogen-bond donors (Lipinski definition) is 2. The van der Waals surface area contributed by atoms with Crippen LogP contribution in [-0.4, -0.2) is 19.1 Å². The van der Waals surface area contributed by atoms with Crippen molar-refractivity contribution < 1.29 is 0 Å². The molecule has 2 aromatic carbocycles. The molecule has 3 unspecified atom stereocenters. The molecule has 0 fully saturated rings. The fourth-order valence-electron chi connectivity index (χ4n) is 10.3. The third kappa shape index (κ3) is 9.30. The summed E-state index contributed by atoms with van der Waals surface area (Å²) >= 11 is 0. The van der Waals surface area contributed by atoms with E-state index in [-0.39, 0.29) is 0 Å². The van der Waals surface area contributed by atoms with Gasteiger partial charge in [-0.05, 0) is 192 Å². The van der Waals surface area contributed by atoms with Crippen molar-refractivity contribution in [1.29, 1.82) is 0 Å². The van der Waals surface area contributed by atoms with Crippen LogP contribution in [0.15, 0.2) is 150 Å². The van der Waals surface area contributed by atoms with Crippen molar-refractivity contribution in [1.82, 2.24) is 5.32 Å². The molecular weight excluding hydrogens is 689 g/mol. The Labute approximate surface area is 343 Å². The number of nitrogens with one attached hydrogen (secondary N) is 1. The number of hydrogen-bond acceptors (Lipinski definition) is 2. The Kier molecular flexibility index (Phi) is 13.0. The van der Waals surface area contributed by atoms with Crippen molar-refractivity contribution in [3.63, 3.8) is 0 Å². The summed E-state index contributed by atoms with van der Waals surface area (Å²) in [6, 6.07) is 17.2. The van der Waals surface area contributed by atoms with Gasteiger partial charge in [-0.3, -0.25) is 0 Å². The van der Waals surface area contributed by atoms with Crippen LogP contribution < -0.4 is 21.5 Å². The lowest BCUT2D eigenvalue weighted by molar-refractivity contribution is 0.354. The number of allylic oxidation sites excluding steroid dienone is 15. The molecular formula is C55H64N2. The summed E-state index contributed by atoms with van der Waals surface area (Å²) in [7, 11) is 0. The van der Waals surface area contributed by atoms with Gasteiger partial charge >= 0.3 is 0 Å². The largest absolute Gasteiger partial charge is 0.326 e. The van der Waals surface area contributed by atoms with Crippen molar-refractivity contribution >= 4 is 22.3 Å². The summed E-state index contributed by atoms with van der Waals surface area (Å²) in [4.78, 5) is 0. The molecule has 6 aliphatic rings. The molecule has 0 bridgehead atoms. The summed E-state index contributed by atoms with van der Waals surface area (Å²) in [5, 5.41) is 6.75. The van der Waals surface area contributed by atoms with Crippen molar-refractivity contribution in [2.24, 2.45) is 17.6 Å². The molecule has 0 aromatic heterocycles. The molecule has 6 aliphatic carbocycles. The van der Waals surface area contributed by atoms with Gasteiger partial charge in [-0.25, -0.2) is 0 Å². The number of benzene rings is 2. The highest BCUT2D eigenvalue weighted by Gasteiger charge is 2.26. The Hall–Kier alpha value is -4.50. The average molecular weight is 753 g/mol. The number of fused-ring (bicyclic) bond motifs is 1. The fraction of sp³-hybridized carbons (Fsp3) is 0.382. The summed E-state index contributed by atoms with van der Waals surface area (Å²) in [6.45, 7) is 7.68. The molecule has 2 heteroatoms. The van der Waals surface area contributed by atoms with Crippen LogP contribution in [0.4, 0.5) is 0 Å². The van der Waals surface area contributed by atoms with Crippen LogP contribution >= 0.6 is 0 Å².